The van der Waals surface area contributed by atoms with E-state index in [9.17, 15) is 9.90 Å². The number of halogens is 1. The Hall–Kier alpha value is -1.26. The molecule has 5 heteroatoms. The summed E-state index contributed by atoms with van der Waals surface area (Å²) in [6.45, 7) is 5.56. The van der Waals surface area contributed by atoms with Crippen LogP contribution in [0.4, 0.5) is 4.79 Å². The number of amides is 2. The molecule has 0 aliphatic carbocycles. The van der Waals surface area contributed by atoms with E-state index < -0.39 is 6.10 Å². The van der Waals surface area contributed by atoms with Crippen molar-refractivity contribution in [3.63, 3.8) is 0 Å². The minimum atomic E-state index is -0.489. The summed E-state index contributed by atoms with van der Waals surface area (Å²) in [6, 6.07) is 7.63. The third kappa shape index (κ3) is 4.85. The van der Waals surface area contributed by atoms with E-state index in [2.05, 4.69) is 19.2 Å². The summed E-state index contributed by atoms with van der Waals surface area (Å²) >= 11 is 5.89. The fourth-order valence-electron chi connectivity index (χ4n) is 3.11. The van der Waals surface area contributed by atoms with Gasteiger partial charge in [-0.2, -0.15) is 0 Å². The largest absolute Gasteiger partial charge is 0.388 e. The molecule has 0 bridgehead atoms. The predicted octanol–water partition coefficient (Wildman–Crippen LogP) is 3.98. The normalized spacial score (nSPS) is 17.3. The van der Waals surface area contributed by atoms with Crippen molar-refractivity contribution in [3.8, 4) is 0 Å². The summed E-state index contributed by atoms with van der Waals surface area (Å²) in [6.07, 6.45) is 3.05. The molecule has 1 aromatic carbocycles. The molecule has 1 saturated heterocycles. The lowest BCUT2D eigenvalue weighted by Crippen LogP contribution is -2.48. The maximum Gasteiger partial charge on any atom is 0.317 e. The first kappa shape index (κ1) is 18.1. The van der Waals surface area contributed by atoms with E-state index in [-0.39, 0.29) is 18.0 Å². The van der Waals surface area contributed by atoms with Crippen molar-refractivity contribution in [2.24, 2.45) is 5.92 Å². The van der Waals surface area contributed by atoms with Gasteiger partial charge in [0, 0.05) is 24.2 Å². The summed E-state index contributed by atoms with van der Waals surface area (Å²) in [5.41, 5.74) is 0.898. The number of nitrogens with one attached hydrogen (secondary N) is 1. The van der Waals surface area contributed by atoms with Crippen molar-refractivity contribution in [1.82, 2.24) is 10.2 Å². The molecule has 0 spiro atoms. The highest BCUT2D eigenvalue weighted by atomic mass is 35.5. The fourth-order valence-corrected chi connectivity index (χ4v) is 3.24. The number of benzene rings is 1. The number of carbonyl (C=O) groups is 1. The van der Waals surface area contributed by atoms with E-state index in [1.54, 1.807) is 12.1 Å². The van der Waals surface area contributed by atoms with E-state index >= 15 is 0 Å². The number of urea groups is 1. The average Bonchev–Trinajstić information content (AvgIpc) is 2.59. The Morgan fingerprint density at radius 2 is 1.83 bits per heavy atom. The van der Waals surface area contributed by atoms with Crippen molar-refractivity contribution >= 4 is 17.6 Å². The zero-order valence-corrected chi connectivity index (χ0v) is 14.7. The Balaban J connectivity index is 1.85. The summed E-state index contributed by atoms with van der Waals surface area (Å²) < 4.78 is 0. The Kier molecular flexibility index (Phi) is 6.72. The van der Waals surface area contributed by atoms with Gasteiger partial charge < -0.3 is 15.3 Å². The molecule has 2 amide bonds. The number of rotatable bonds is 5. The first-order chi connectivity index (χ1) is 11.0. The van der Waals surface area contributed by atoms with Crippen LogP contribution in [0.5, 0.6) is 0 Å². The lowest BCUT2D eigenvalue weighted by Gasteiger charge is -2.35. The SMILES string of the molecule is CCC(CC)NC(=O)N1CCC(C(O)c2ccc(Cl)cc2)CC1. The van der Waals surface area contributed by atoms with Gasteiger partial charge >= 0.3 is 6.03 Å². The van der Waals surface area contributed by atoms with E-state index in [0.717, 1.165) is 31.2 Å². The Morgan fingerprint density at radius 3 is 2.35 bits per heavy atom. The second kappa shape index (κ2) is 8.55. The van der Waals surface area contributed by atoms with Crippen LogP contribution in [0.2, 0.25) is 5.02 Å². The highest BCUT2D eigenvalue weighted by molar-refractivity contribution is 6.30. The van der Waals surface area contributed by atoms with E-state index in [4.69, 9.17) is 11.6 Å². The van der Waals surface area contributed by atoms with Crippen molar-refractivity contribution in [3.05, 3.63) is 34.9 Å². The molecule has 0 saturated carbocycles. The highest BCUT2D eigenvalue weighted by Gasteiger charge is 2.28. The van der Waals surface area contributed by atoms with Crippen LogP contribution in [-0.2, 0) is 0 Å². The van der Waals surface area contributed by atoms with E-state index in [1.807, 2.05) is 17.0 Å². The van der Waals surface area contributed by atoms with Gasteiger partial charge in [-0.1, -0.05) is 37.6 Å². The lowest BCUT2D eigenvalue weighted by atomic mass is 9.87. The monoisotopic (exact) mass is 338 g/mol. The minimum absolute atomic E-state index is 0.0260. The van der Waals surface area contributed by atoms with Crippen LogP contribution in [0.15, 0.2) is 24.3 Å². The van der Waals surface area contributed by atoms with Gasteiger partial charge in [0.25, 0.3) is 0 Å². The second-order valence-electron chi connectivity index (χ2n) is 6.28. The van der Waals surface area contributed by atoms with Crippen molar-refractivity contribution < 1.29 is 9.90 Å². The van der Waals surface area contributed by atoms with E-state index in [1.165, 1.54) is 0 Å². The number of piperidine rings is 1. The zero-order chi connectivity index (χ0) is 16.8. The van der Waals surface area contributed by atoms with Gasteiger partial charge in [-0.05, 0) is 49.3 Å². The van der Waals surface area contributed by atoms with Crippen LogP contribution < -0.4 is 5.32 Å². The molecule has 0 radical (unpaired) electrons. The number of carbonyl (C=O) groups excluding carboxylic acids is 1. The Labute approximate surface area is 143 Å². The average molecular weight is 339 g/mol. The second-order valence-corrected chi connectivity index (χ2v) is 6.72. The lowest BCUT2D eigenvalue weighted by molar-refractivity contribution is 0.0661. The van der Waals surface area contributed by atoms with Crippen LogP contribution in [0.3, 0.4) is 0 Å². The number of hydrogen-bond acceptors (Lipinski definition) is 2. The molecule has 1 aromatic rings. The van der Waals surface area contributed by atoms with Crippen LogP contribution in [0, 0.1) is 5.92 Å². The van der Waals surface area contributed by atoms with Gasteiger partial charge in [0.05, 0.1) is 6.10 Å². The predicted molar refractivity (Wildman–Crippen MR) is 93.6 cm³/mol. The molecule has 128 valence electrons. The summed E-state index contributed by atoms with van der Waals surface area (Å²) in [5.74, 6) is 0.188. The number of hydrogen-bond donors (Lipinski definition) is 2. The van der Waals surface area contributed by atoms with Gasteiger partial charge in [0.15, 0.2) is 0 Å². The first-order valence-electron chi connectivity index (χ1n) is 8.54. The smallest absolute Gasteiger partial charge is 0.317 e. The molecular weight excluding hydrogens is 312 g/mol. The van der Waals surface area contributed by atoms with Gasteiger partial charge in [-0.15, -0.1) is 0 Å². The Bertz CT molecular complexity index is 494. The van der Waals surface area contributed by atoms with Gasteiger partial charge in [-0.3, -0.25) is 0 Å². The van der Waals surface area contributed by atoms with Crippen LogP contribution in [0.1, 0.15) is 51.2 Å². The van der Waals surface area contributed by atoms with Gasteiger partial charge in [0.2, 0.25) is 0 Å². The number of likely N-dealkylation sites (tertiary alicyclic amines) is 1. The fraction of sp³-hybridized carbons (Fsp3) is 0.611. The standard InChI is InChI=1S/C18H27ClN2O2/c1-3-16(4-2)20-18(23)21-11-9-14(10-12-21)17(22)13-5-7-15(19)8-6-13/h5-8,14,16-17,22H,3-4,9-12H2,1-2H3,(H,20,23). The highest BCUT2D eigenvalue weighted by Crippen LogP contribution is 2.31. The molecule has 1 aliphatic rings. The van der Waals surface area contributed by atoms with E-state index in [0.29, 0.717) is 18.1 Å². The third-order valence-electron chi connectivity index (χ3n) is 4.80. The summed E-state index contributed by atoms with van der Waals surface area (Å²) in [5, 5.41) is 14.3. The topological polar surface area (TPSA) is 52.6 Å². The zero-order valence-electron chi connectivity index (χ0n) is 14.0. The molecule has 2 N–H and O–H groups in total. The molecule has 1 atom stereocenters. The molecule has 1 heterocycles. The number of aliphatic hydroxyl groups excluding tert-OH is 1. The third-order valence-corrected chi connectivity index (χ3v) is 5.05. The van der Waals surface area contributed by atoms with Crippen LogP contribution in [0.25, 0.3) is 0 Å². The Morgan fingerprint density at radius 1 is 1.26 bits per heavy atom. The van der Waals surface area contributed by atoms with Gasteiger partial charge in [0.1, 0.15) is 0 Å². The number of aliphatic hydroxyl groups is 1. The van der Waals surface area contributed by atoms with Crippen molar-refractivity contribution in [1.29, 1.82) is 0 Å². The summed E-state index contributed by atoms with van der Waals surface area (Å²) in [4.78, 5) is 14.1. The van der Waals surface area contributed by atoms with Gasteiger partial charge in [-0.25, -0.2) is 4.79 Å². The van der Waals surface area contributed by atoms with Crippen molar-refractivity contribution in [2.75, 3.05) is 13.1 Å². The molecule has 0 aromatic heterocycles. The van der Waals surface area contributed by atoms with Crippen LogP contribution in [-0.4, -0.2) is 35.2 Å². The van der Waals surface area contributed by atoms with Crippen molar-refractivity contribution in [2.45, 2.75) is 51.7 Å². The number of nitrogens with zero attached hydrogens (tertiary/aromatic N) is 1. The molecular formula is C18H27ClN2O2. The molecule has 1 unspecified atom stereocenters. The summed E-state index contributed by atoms with van der Waals surface area (Å²) in [7, 11) is 0. The molecule has 2 rings (SSSR count). The molecule has 4 nitrogen and oxygen atoms in total. The maximum absolute atomic E-state index is 12.2. The molecule has 1 fully saturated rings. The maximum atomic E-state index is 12.2. The minimum Gasteiger partial charge on any atom is -0.388 e. The molecule has 1 aliphatic heterocycles. The molecule has 23 heavy (non-hydrogen) atoms. The first-order valence-corrected chi connectivity index (χ1v) is 8.91. The van der Waals surface area contributed by atoms with Crippen LogP contribution >= 0.6 is 11.6 Å². The quantitative estimate of drug-likeness (QED) is 0.853.